The van der Waals surface area contributed by atoms with Crippen molar-refractivity contribution in [3.8, 4) is 0 Å². The Morgan fingerprint density at radius 1 is 0.933 bits per heavy atom. The van der Waals surface area contributed by atoms with E-state index < -0.39 is 11.9 Å². The van der Waals surface area contributed by atoms with Gasteiger partial charge in [0, 0.05) is 46.1 Å². The summed E-state index contributed by atoms with van der Waals surface area (Å²) in [5.74, 6) is 0. The number of H-pyrrole nitrogens is 1. The maximum Gasteiger partial charge on any atom is 0.433 e. The molecule has 0 radical (unpaired) electrons. The number of aromatic nitrogens is 2. The van der Waals surface area contributed by atoms with Gasteiger partial charge in [-0.2, -0.15) is 13.2 Å². The van der Waals surface area contributed by atoms with E-state index >= 15 is 0 Å². The topological polar surface area (TPSA) is 42.6 Å². The molecule has 0 atom stereocenters. The Morgan fingerprint density at radius 2 is 1.70 bits per heavy atom. The van der Waals surface area contributed by atoms with Crippen LogP contribution in [0.2, 0.25) is 0 Å². The molecule has 30 heavy (non-hydrogen) atoms. The van der Waals surface area contributed by atoms with E-state index in [1.165, 1.54) is 12.3 Å². The van der Waals surface area contributed by atoms with Gasteiger partial charge in [0.25, 0.3) is 0 Å². The fraction of sp³-hybridized carbons (Fsp3) is 0.0435. The predicted octanol–water partition coefficient (Wildman–Crippen LogP) is 1.34. The van der Waals surface area contributed by atoms with Crippen molar-refractivity contribution in [3.63, 3.8) is 0 Å². The van der Waals surface area contributed by atoms with Crippen molar-refractivity contribution >= 4 is 34.0 Å². The lowest BCUT2D eigenvalue weighted by atomic mass is 9.91. The normalized spacial score (nSPS) is 14.5. The first-order chi connectivity index (χ1) is 14.0. The fourth-order valence-corrected chi connectivity index (χ4v) is 3.72. The van der Waals surface area contributed by atoms with Gasteiger partial charge in [0.1, 0.15) is 5.69 Å². The van der Waals surface area contributed by atoms with Crippen molar-refractivity contribution in [2.75, 3.05) is 0 Å². The number of benzene rings is 2. The molecule has 4 aromatic rings. The summed E-state index contributed by atoms with van der Waals surface area (Å²) in [5.41, 5.74) is 5.26. The van der Waals surface area contributed by atoms with E-state index in [4.69, 9.17) is 0 Å². The molecule has 0 bridgehead atoms. The largest absolute Gasteiger partial charge is 1.00 e. The summed E-state index contributed by atoms with van der Waals surface area (Å²) in [4.78, 5) is 10.2. The number of allylic oxidation sites excluding steroid dienone is 1. The number of nitrogens with zero attached hydrogens (tertiary/aromatic N) is 1. The number of hydrogen-bond donors (Lipinski definition) is 2. The Hall–Kier alpha value is -3.38. The first-order valence-electron chi connectivity index (χ1n) is 9.06. The number of alkyl halides is 3. The van der Waals surface area contributed by atoms with Gasteiger partial charge >= 0.3 is 6.18 Å². The predicted molar refractivity (Wildman–Crippen MR) is 107 cm³/mol. The highest BCUT2D eigenvalue weighted by Gasteiger charge is 2.32. The molecule has 2 aromatic carbocycles. The zero-order valence-electron chi connectivity index (χ0n) is 15.5. The molecule has 5 rings (SSSR count). The summed E-state index contributed by atoms with van der Waals surface area (Å²) in [6.45, 7) is 0. The van der Waals surface area contributed by atoms with Crippen LogP contribution in [0.4, 0.5) is 18.9 Å². The van der Waals surface area contributed by atoms with Gasteiger partial charge in [-0.05, 0) is 18.2 Å². The molecule has 3 nitrogen and oxygen atoms in total. The molecule has 1 aliphatic rings. The van der Waals surface area contributed by atoms with Gasteiger partial charge in [0.2, 0.25) is 5.69 Å². The average molecular weight is 426 g/mol. The monoisotopic (exact) mass is 425 g/mol. The lowest BCUT2D eigenvalue weighted by molar-refractivity contribution is -0.342. The lowest BCUT2D eigenvalue weighted by Crippen LogP contribution is -3.00. The SMILES string of the molecule is FC(F)(F)c1ccc(/C(=C2/C=[NH+]c3ccccc32)c2c[nH]c3ccccc23)cn1.[Cl-]. The van der Waals surface area contributed by atoms with E-state index in [-0.39, 0.29) is 12.4 Å². The summed E-state index contributed by atoms with van der Waals surface area (Å²) in [6.07, 6.45) is 0.598. The van der Waals surface area contributed by atoms with Crippen LogP contribution >= 0.6 is 0 Å². The second-order valence-electron chi connectivity index (χ2n) is 6.80. The van der Waals surface area contributed by atoms with Crippen LogP contribution in [0.25, 0.3) is 22.0 Å². The van der Waals surface area contributed by atoms with E-state index in [1.54, 1.807) is 0 Å². The number of aromatic amines is 1. The highest BCUT2D eigenvalue weighted by Crippen LogP contribution is 2.38. The highest BCUT2D eigenvalue weighted by molar-refractivity contribution is 6.24. The minimum Gasteiger partial charge on any atom is -1.00 e. The molecular formula is C23H15ClF3N3. The molecule has 0 aliphatic carbocycles. The van der Waals surface area contributed by atoms with Crippen molar-refractivity contribution in [3.05, 3.63) is 95.4 Å². The first-order valence-corrected chi connectivity index (χ1v) is 9.06. The Bertz CT molecular complexity index is 1290. The second-order valence-corrected chi connectivity index (χ2v) is 6.80. The van der Waals surface area contributed by atoms with Crippen LogP contribution in [-0.2, 0) is 6.18 Å². The molecule has 1 aliphatic heterocycles. The number of nitrogens with one attached hydrogen (secondary N) is 2. The van der Waals surface area contributed by atoms with Crippen LogP contribution in [0.3, 0.4) is 0 Å². The van der Waals surface area contributed by atoms with Crippen LogP contribution in [0.1, 0.15) is 22.4 Å². The highest BCUT2D eigenvalue weighted by atomic mass is 35.5. The number of hydrogen-bond acceptors (Lipinski definition) is 1. The molecule has 0 fully saturated rings. The van der Waals surface area contributed by atoms with E-state index in [1.807, 2.05) is 60.9 Å². The summed E-state index contributed by atoms with van der Waals surface area (Å²) in [5, 5.41) is 0.993. The standard InChI is InChI=1S/C23H14F3N3.ClH/c24-23(25,26)21-10-9-14(11-29-21)22(17-12-27-19-7-3-1-5-15(17)19)18-13-28-20-8-4-2-6-16(18)20;/h1-13,27H;1H/b22-18+;. The minimum absolute atomic E-state index is 0. The Balaban J connectivity index is 0.00000218. The van der Waals surface area contributed by atoms with Gasteiger partial charge in [-0.3, -0.25) is 4.98 Å². The third kappa shape index (κ3) is 3.29. The first kappa shape index (κ1) is 19.9. The summed E-state index contributed by atoms with van der Waals surface area (Å²) >= 11 is 0. The lowest BCUT2D eigenvalue weighted by Gasteiger charge is -2.11. The van der Waals surface area contributed by atoms with Crippen LogP contribution in [0.5, 0.6) is 0 Å². The van der Waals surface area contributed by atoms with Crippen molar-refractivity contribution in [1.82, 2.24) is 9.97 Å². The summed E-state index contributed by atoms with van der Waals surface area (Å²) < 4.78 is 39.0. The van der Waals surface area contributed by atoms with Crippen molar-refractivity contribution < 1.29 is 30.6 Å². The molecule has 0 spiro atoms. The average Bonchev–Trinajstić information content (AvgIpc) is 3.34. The third-order valence-electron chi connectivity index (χ3n) is 5.06. The van der Waals surface area contributed by atoms with Crippen molar-refractivity contribution in [2.24, 2.45) is 0 Å². The number of fused-ring (bicyclic) bond motifs is 2. The van der Waals surface area contributed by atoms with Crippen molar-refractivity contribution in [1.29, 1.82) is 0 Å². The van der Waals surface area contributed by atoms with E-state index in [9.17, 15) is 13.2 Å². The molecule has 0 saturated carbocycles. The van der Waals surface area contributed by atoms with Crippen LogP contribution in [-0.4, -0.2) is 16.2 Å². The number of rotatable bonds is 2. The van der Waals surface area contributed by atoms with Crippen LogP contribution in [0.15, 0.2) is 73.1 Å². The smallest absolute Gasteiger partial charge is 0.433 e. The zero-order chi connectivity index (χ0) is 20.0. The second kappa shape index (κ2) is 7.46. The number of pyridine rings is 1. The summed E-state index contributed by atoms with van der Waals surface area (Å²) in [7, 11) is 0. The van der Waals surface area contributed by atoms with Crippen LogP contribution < -0.4 is 17.4 Å². The molecule has 0 saturated heterocycles. The van der Waals surface area contributed by atoms with Gasteiger partial charge in [0.15, 0.2) is 6.21 Å². The molecule has 0 unspecified atom stereocenters. The van der Waals surface area contributed by atoms with Gasteiger partial charge in [-0.25, -0.2) is 4.99 Å². The molecular weight excluding hydrogens is 411 g/mol. The fourth-order valence-electron chi connectivity index (χ4n) is 3.72. The van der Waals surface area contributed by atoms with Gasteiger partial charge < -0.3 is 17.4 Å². The Labute approximate surface area is 176 Å². The zero-order valence-corrected chi connectivity index (χ0v) is 16.2. The van der Waals surface area contributed by atoms with E-state index in [0.29, 0.717) is 5.56 Å². The summed E-state index contributed by atoms with van der Waals surface area (Å²) in [6, 6.07) is 18.2. The minimum atomic E-state index is -4.47. The van der Waals surface area contributed by atoms with Gasteiger partial charge in [-0.15, -0.1) is 0 Å². The molecule has 2 N–H and O–H groups in total. The molecule has 150 valence electrons. The van der Waals surface area contributed by atoms with Gasteiger partial charge in [0.05, 0.1) is 11.1 Å². The maximum absolute atomic E-state index is 13.0. The number of para-hydroxylation sites is 2. The van der Waals surface area contributed by atoms with Crippen molar-refractivity contribution in [2.45, 2.75) is 6.18 Å². The van der Waals surface area contributed by atoms with Crippen LogP contribution in [0, 0.1) is 0 Å². The molecule has 0 amide bonds. The maximum atomic E-state index is 13.0. The van der Waals surface area contributed by atoms with Gasteiger partial charge in [-0.1, -0.05) is 36.4 Å². The van der Waals surface area contributed by atoms with E-state index in [0.717, 1.165) is 44.9 Å². The Morgan fingerprint density at radius 3 is 2.47 bits per heavy atom. The number of halogens is 4. The molecule has 2 aromatic heterocycles. The molecule has 7 heteroatoms. The third-order valence-corrected chi connectivity index (χ3v) is 5.06. The molecule has 3 heterocycles. The quantitative estimate of drug-likeness (QED) is 0.500. The van der Waals surface area contributed by atoms with E-state index in [2.05, 4.69) is 15.0 Å². The Kier molecular flexibility index (Phi) is 4.95.